The van der Waals surface area contributed by atoms with Crippen LogP contribution in [0.15, 0.2) is 36.4 Å². The predicted octanol–water partition coefficient (Wildman–Crippen LogP) is 5.18. The molecular weight excluding hydrogens is 279 g/mol. The summed E-state index contributed by atoms with van der Waals surface area (Å²) < 4.78 is 0. The van der Waals surface area contributed by atoms with Gasteiger partial charge in [-0.25, -0.2) is 0 Å². The van der Waals surface area contributed by atoms with Crippen molar-refractivity contribution in [2.45, 2.75) is 19.3 Å². The lowest BCUT2D eigenvalue weighted by atomic mass is 9.85. The number of benzene rings is 2. The van der Waals surface area contributed by atoms with Crippen molar-refractivity contribution in [3.05, 3.63) is 57.6 Å². The quantitative estimate of drug-likeness (QED) is 0.707. The first-order chi connectivity index (χ1) is 9.15. The zero-order chi connectivity index (χ0) is 13.4. The highest BCUT2D eigenvalue weighted by atomic mass is 35.5. The van der Waals surface area contributed by atoms with Gasteiger partial charge < -0.3 is 0 Å². The molecule has 0 unspecified atom stereocenters. The Morgan fingerprint density at radius 1 is 0.842 bits per heavy atom. The molecule has 0 atom stereocenters. The molecule has 0 bridgehead atoms. The first kappa shape index (κ1) is 12.7. The van der Waals surface area contributed by atoms with E-state index >= 15 is 0 Å². The van der Waals surface area contributed by atoms with Crippen LogP contribution in [0.1, 0.15) is 28.8 Å². The predicted molar refractivity (Wildman–Crippen MR) is 79.2 cm³/mol. The average Bonchev–Trinajstić information content (AvgIpc) is 2.40. The fraction of sp³-hybridized carbons (Fsp3) is 0.188. The van der Waals surface area contributed by atoms with Crippen molar-refractivity contribution in [1.82, 2.24) is 0 Å². The maximum Gasteiger partial charge on any atom is 0.163 e. The molecule has 0 aromatic heterocycles. The van der Waals surface area contributed by atoms with Crippen LogP contribution in [-0.4, -0.2) is 5.78 Å². The Balaban J connectivity index is 2.21. The Labute approximate surface area is 122 Å². The molecule has 3 rings (SSSR count). The van der Waals surface area contributed by atoms with Crippen molar-refractivity contribution >= 4 is 29.0 Å². The lowest BCUT2D eigenvalue weighted by Crippen LogP contribution is -2.12. The zero-order valence-corrected chi connectivity index (χ0v) is 11.8. The molecule has 0 amide bonds. The van der Waals surface area contributed by atoms with Crippen LogP contribution in [-0.2, 0) is 6.42 Å². The van der Waals surface area contributed by atoms with Gasteiger partial charge in [0, 0.05) is 22.0 Å². The first-order valence-electron chi connectivity index (χ1n) is 6.27. The van der Waals surface area contributed by atoms with Crippen molar-refractivity contribution in [2.24, 2.45) is 0 Å². The van der Waals surface area contributed by atoms with Gasteiger partial charge in [0.05, 0.1) is 0 Å². The van der Waals surface area contributed by atoms with Crippen molar-refractivity contribution in [3.63, 3.8) is 0 Å². The minimum Gasteiger partial charge on any atom is -0.294 e. The second-order valence-corrected chi connectivity index (χ2v) is 5.64. The third-order valence-corrected chi connectivity index (χ3v) is 3.97. The number of ketones is 1. The summed E-state index contributed by atoms with van der Waals surface area (Å²) in [6.07, 6.45) is 2.46. The topological polar surface area (TPSA) is 17.1 Å². The van der Waals surface area contributed by atoms with E-state index in [0.29, 0.717) is 16.5 Å². The number of rotatable bonds is 1. The largest absolute Gasteiger partial charge is 0.294 e. The van der Waals surface area contributed by atoms with Gasteiger partial charge in [-0.3, -0.25) is 4.79 Å². The number of carbonyl (C=O) groups is 1. The SMILES string of the molecule is O=C1CCCc2c1cc(Cl)cc2-c1ccc(Cl)cc1. The fourth-order valence-electron chi connectivity index (χ4n) is 2.60. The zero-order valence-electron chi connectivity index (χ0n) is 10.2. The summed E-state index contributed by atoms with van der Waals surface area (Å²) in [6, 6.07) is 11.4. The van der Waals surface area contributed by atoms with Crippen LogP contribution in [0.25, 0.3) is 11.1 Å². The van der Waals surface area contributed by atoms with E-state index in [2.05, 4.69) is 0 Å². The Bertz CT molecular complexity index is 645. The van der Waals surface area contributed by atoms with Gasteiger partial charge in [0.1, 0.15) is 0 Å². The van der Waals surface area contributed by atoms with E-state index in [1.807, 2.05) is 30.3 Å². The third-order valence-electron chi connectivity index (χ3n) is 3.50. The summed E-state index contributed by atoms with van der Waals surface area (Å²) in [6.45, 7) is 0. The van der Waals surface area contributed by atoms with Crippen molar-refractivity contribution in [1.29, 1.82) is 0 Å². The molecule has 2 aromatic rings. The van der Waals surface area contributed by atoms with E-state index in [-0.39, 0.29) is 5.78 Å². The molecule has 1 nitrogen and oxygen atoms in total. The van der Waals surface area contributed by atoms with Gasteiger partial charge in [-0.2, -0.15) is 0 Å². The Kier molecular flexibility index (Phi) is 3.34. The molecule has 0 saturated carbocycles. The van der Waals surface area contributed by atoms with Crippen LogP contribution in [0.5, 0.6) is 0 Å². The first-order valence-corrected chi connectivity index (χ1v) is 7.02. The van der Waals surface area contributed by atoms with Crippen LogP contribution >= 0.6 is 23.2 Å². The van der Waals surface area contributed by atoms with Crippen LogP contribution in [0, 0.1) is 0 Å². The van der Waals surface area contributed by atoms with Crippen LogP contribution in [0.3, 0.4) is 0 Å². The normalized spacial score (nSPS) is 14.3. The van der Waals surface area contributed by atoms with E-state index in [1.165, 1.54) is 0 Å². The molecule has 96 valence electrons. The number of Topliss-reactive ketones (excluding diaryl/α,β-unsaturated/α-hetero) is 1. The molecular formula is C16H12Cl2O. The van der Waals surface area contributed by atoms with Crippen molar-refractivity contribution in [3.8, 4) is 11.1 Å². The summed E-state index contributed by atoms with van der Waals surface area (Å²) in [5, 5.41) is 1.31. The van der Waals surface area contributed by atoms with Crippen LogP contribution in [0.2, 0.25) is 10.0 Å². The summed E-state index contributed by atoms with van der Waals surface area (Å²) in [4.78, 5) is 12.0. The fourth-order valence-corrected chi connectivity index (χ4v) is 2.95. The molecule has 1 aliphatic carbocycles. The van der Waals surface area contributed by atoms with Crippen molar-refractivity contribution < 1.29 is 4.79 Å². The minimum absolute atomic E-state index is 0.193. The average molecular weight is 291 g/mol. The van der Waals surface area contributed by atoms with Gasteiger partial charge in [-0.15, -0.1) is 0 Å². The molecule has 0 fully saturated rings. The molecule has 19 heavy (non-hydrogen) atoms. The van der Waals surface area contributed by atoms with Gasteiger partial charge in [0.25, 0.3) is 0 Å². The summed E-state index contributed by atoms with van der Waals surface area (Å²) in [7, 11) is 0. The van der Waals surface area contributed by atoms with Gasteiger partial charge in [-0.05, 0) is 53.8 Å². The van der Waals surface area contributed by atoms with E-state index in [1.54, 1.807) is 6.07 Å². The van der Waals surface area contributed by atoms with Gasteiger partial charge in [0.2, 0.25) is 0 Å². The van der Waals surface area contributed by atoms with Gasteiger partial charge >= 0.3 is 0 Å². The van der Waals surface area contributed by atoms with Crippen LogP contribution in [0.4, 0.5) is 0 Å². The van der Waals surface area contributed by atoms with Gasteiger partial charge in [0.15, 0.2) is 5.78 Å². The molecule has 0 heterocycles. The lowest BCUT2D eigenvalue weighted by Gasteiger charge is -2.19. The van der Waals surface area contributed by atoms with E-state index < -0.39 is 0 Å². The minimum atomic E-state index is 0.193. The Morgan fingerprint density at radius 3 is 2.26 bits per heavy atom. The summed E-state index contributed by atoms with van der Waals surface area (Å²) >= 11 is 12.1. The third kappa shape index (κ3) is 2.41. The van der Waals surface area contributed by atoms with E-state index in [9.17, 15) is 4.79 Å². The maximum atomic E-state index is 12.0. The standard InChI is InChI=1S/C16H12Cl2O/c17-11-6-4-10(5-7-11)14-8-12(18)9-15-13(14)2-1-3-16(15)19/h4-9H,1-3H2. The highest BCUT2D eigenvalue weighted by molar-refractivity contribution is 6.31. The summed E-state index contributed by atoms with van der Waals surface area (Å²) in [5.41, 5.74) is 4.00. The second-order valence-electron chi connectivity index (χ2n) is 4.76. The molecule has 3 heteroatoms. The van der Waals surface area contributed by atoms with Gasteiger partial charge in [-0.1, -0.05) is 35.3 Å². The molecule has 2 aromatic carbocycles. The maximum absolute atomic E-state index is 12.0. The second kappa shape index (κ2) is 4.99. The molecule has 1 aliphatic rings. The Hall–Kier alpha value is -1.31. The van der Waals surface area contributed by atoms with E-state index in [0.717, 1.165) is 35.1 Å². The molecule has 0 spiro atoms. The lowest BCUT2D eigenvalue weighted by molar-refractivity contribution is 0.0972. The highest BCUT2D eigenvalue weighted by Gasteiger charge is 2.21. The number of halogens is 2. The van der Waals surface area contributed by atoms with E-state index in [4.69, 9.17) is 23.2 Å². The number of carbonyl (C=O) groups excluding carboxylic acids is 1. The molecule has 0 aliphatic heterocycles. The molecule has 0 radical (unpaired) electrons. The van der Waals surface area contributed by atoms with Crippen LogP contribution < -0.4 is 0 Å². The molecule has 0 saturated heterocycles. The monoisotopic (exact) mass is 290 g/mol. The summed E-state index contributed by atoms with van der Waals surface area (Å²) in [5.74, 6) is 0.193. The number of hydrogen-bond donors (Lipinski definition) is 0. The molecule has 0 N–H and O–H groups in total. The highest BCUT2D eigenvalue weighted by Crippen LogP contribution is 2.34. The smallest absolute Gasteiger partial charge is 0.163 e. The number of fused-ring (bicyclic) bond motifs is 1. The number of hydrogen-bond acceptors (Lipinski definition) is 1. The van der Waals surface area contributed by atoms with Crippen molar-refractivity contribution in [2.75, 3.05) is 0 Å². The Morgan fingerprint density at radius 2 is 1.53 bits per heavy atom.